The fraction of sp³-hybridized carbons (Fsp3) is 0. The quantitative estimate of drug-likeness (QED) is 0.505. The van der Waals surface area contributed by atoms with E-state index >= 15 is 0 Å². The molecule has 0 atom stereocenters. The average molecular weight is 358 g/mol. The highest BCUT2D eigenvalue weighted by Crippen LogP contribution is 2.26. The summed E-state index contributed by atoms with van der Waals surface area (Å²) in [6.45, 7) is 0. The molecule has 0 saturated carbocycles. The van der Waals surface area contributed by atoms with Crippen molar-refractivity contribution >= 4 is 28.8 Å². The van der Waals surface area contributed by atoms with Crippen molar-refractivity contribution in [2.45, 2.75) is 0 Å². The number of rotatable bonds is 4. The molecule has 0 aliphatic heterocycles. The fourth-order valence-corrected chi connectivity index (χ4v) is 2.67. The van der Waals surface area contributed by atoms with Crippen molar-refractivity contribution in [3.8, 4) is 11.5 Å². The van der Waals surface area contributed by atoms with Gasteiger partial charge in [0.1, 0.15) is 11.3 Å². The maximum Gasteiger partial charge on any atom is 0.248 e. The molecule has 0 bridgehead atoms. The van der Waals surface area contributed by atoms with Crippen molar-refractivity contribution in [3.05, 3.63) is 90.3 Å². The number of fused-ring (bicyclic) bond motifs is 1. The van der Waals surface area contributed by atoms with Gasteiger partial charge in [0.15, 0.2) is 5.58 Å². The van der Waals surface area contributed by atoms with E-state index in [2.05, 4.69) is 10.3 Å². The molecule has 4 nitrogen and oxygen atoms in total. The first-order valence-corrected chi connectivity index (χ1v) is 8.38. The maximum absolute atomic E-state index is 13.4. The van der Waals surface area contributed by atoms with Crippen molar-refractivity contribution in [2.24, 2.45) is 0 Å². The van der Waals surface area contributed by atoms with Gasteiger partial charge in [-0.2, -0.15) is 0 Å². The summed E-state index contributed by atoms with van der Waals surface area (Å²) in [5.41, 5.74) is 3.25. The smallest absolute Gasteiger partial charge is 0.248 e. The summed E-state index contributed by atoms with van der Waals surface area (Å²) in [7, 11) is 0. The molecular formula is C22H15FN2O2. The molecule has 27 heavy (non-hydrogen) atoms. The second kappa shape index (κ2) is 7.25. The van der Waals surface area contributed by atoms with Crippen molar-refractivity contribution < 1.29 is 13.6 Å². The SMILES string of the molecule is O=C(/C=C/c1ccccc1)Nc1ccc2oc(-c3cccc(F)c3)nc2c1. The van der Waals surface area contributed by atoms with Crippen LogP contribution in [0, 0.1) is 5.82 Å². The van der Waals surface area contributed by atoms with E-state index in [0.29, 0.717) is 28.2 Å². The number of benzene rings is 3. The van der Waals surface area contributed by atoms with E-state index in [1.807, 2.05) is 30.3 Å². The van der Waals surface area contributed by atoms with Gasteiger partial charge in [0.05, 0.1) is 0 Å². The molecule has 0 fully saturated rings. The van der Waals surface area contributed by atoms with Crippen LogP contribution in [-0.2, 0) is 4.79 Å². The van der Waals surface area contributed by atoms with Crippen molar-refractivity contribution in [1.82, 2.24) is 4.98 Å². The van der Waals surface area contributed by atoms with Crippen LogP contribution in [0.2, 0.25) is 0 Å². The molecule has 1 aromatic heterocycles. The lowest BCUT2D eigenvalue weighted by atomic mass is 10.2. The van der Waals surface area contributed by atoms with Crippen LogP contribution < -0.4 is 5.32 Å². The normalized spacial score (nSPS) is 11.1. The predicted molar refractivity (Wildman–Crippen MR) is 104 cm³/mol. The highest BCUT2D eigenvalue weighted by atomic mass is 19.1. The van der Waals surface area contributed by atoms with Crippen molar-refractivity contribution in [2.75, 3.05) is 5.32 Å². The van der Waals surface area contributed by atoms with Crippen LogP contribution in [0.15, 0.2) is 83.3 Å². The van der Waals surface area contributed by atoms with E-state index < -0.39 is 0 Å². The van der Waals surface area contributed by atoms with Gasteiger partial charge >= 0.3 is 0 Å². The summed E-state index contributed by atoms with van der Waals surface area (Å²) in [6, 6.07) is 20.8. The summed E-state index contributed by atoms with van der Waals surface area (Å²) in [5, 5.41) is 2.80. The van der Waals surface area contributed by atoms with Gasteiger partial charge in [-0.3, -0.25) is 4.79 Å². The highest BCUT2D eigenvalue weighted by Gasteiger charge is 2.10. The molecule has 0 spiro atoms. The molecule has 0 saturated heterocycles. The third kappa shape index (κ3) is 3.93. The minimum absolute atomic E-state index is 0.243. The molecule has 0 aliphatic carbocycles. The molecule has 5 heteroatoms. The van der Waals surface area contributed by atoms with E-state index in [4.69, 9.17) is 4.42 Å². The summed E-state index contributed by atoms with van der Waals surface area (Å²) >= 11 is 0. The lowest BCUT2D eigenvalue weighted by molar-refractivity contribution is -0.111. The zero-order valence-electron chi connectivity index (χ0n) is 14.2. The molecule has 0 aliphatic rings. The molecular weight excluding hydrogens is 343 g/mol. The standard InChI is InChI=1S/C22H15FN2O2/c23-17-8-4-7-16(13-17)22-25-19-14-18(10-11-20(19)27-22)24-21(26)12-9-15-5-2-1-3-6-15/h1-14H,(H,24,26)/b12-9+. The number of nitrogens with zero attached hydrogens (tertiary/aromatic N) is 1. The third-order valence-electron chi connectivity index (χ3n) is 3.95. The van der Waals surface area contributed by atoms with Crippen LogP contribution in [0.25, 0.3) is 28.6 Å². The number of nitrogens with one attached hydrogen (secondary N) is 1. The van der Waals surface area contributed by atoms with E-state index in [9.17, 15) is 9.18 Å². The van der Waals surface area contributed by atoms with E-state index in [-0.39, 0.29) is 11.7 Å². The topological polar surface area (TPSA) is 55.1 Å². The summed E-state index contributed by atoms with van der Waals surface area (Å²) in [6.07, 6.45) is 3.21. The lowest BCUT2D eigenvalue weighted by Gasteiger charge is -2.01. The van der Waals surface area contributed by atoms with Gasteiger partial charge in [-0.1, -0.05) is 36.4 Å². The van der Waals surface area contributed by atoms with Crippen LogP contribution >= 0.6 is 0 Å². The molecule has 4 aromatic rings. The Labute approximate surface area is 155 Å². The van der Waals surface area contributed by atoms with Crippen molar-refractivity contribution in [1.29, 1.82) is 0 Å². The number of amides is 1. The van der Waals surface area contributed by atoms with Gasteiger partial charge in [-0.25, -0.2) is 9.37 Å². The Bertz CT molecular complexity index is 1130. The lowest BCUT2D eigenvalue weighted by Crippen LogP contribution is -2.07. The van der Waals surface area contributed by atoms with Crippen LogP contribution in [0.1, 0.15) is 5.56 Å². The van der Waals surface area contributed by atoms with Crippen LogP contribution in [0.5, 0.6) is 0 Å². The Balaban J connectivity index is 1.53. The Morgan fingerprint density at radius 1 is 1.00 bits per heavy atom. The van der Waals surface area contributed by atoms with E-state index in [1.165, 1.54) is 18.2 Å². The number of oxazole rings is 1. The molecule has 3 aromatic carbocycles. The minimum Gasteiger partial charge on any atom is -0.436 e. The predicted octanol–water partition coefficient (Wildman–Crippen LogP) is 5.29. The molecule has 1 amide bonds. The van der Waals surface area contributed by atoms with Gasteiger partial charge in [-0.15, -0.1) is 0 Å². The molecule has 0 radical (unpaired) electrons. The minimum atomic E-state index is -0.354. The number of hydrogen-bond donors (Lipinski definition) is 1. The Morgan fingerprint density at radius 2 is 1.85 bits per heavy atom. The summed E-state index contributed by atoms with van der Waals surface area (Å²) in [5.74, 6) is -0.267. The summed E-state index contributed by atoms with van der Waals surface area (Å²) in [4.78, 5) is 16.5. The third-order valence-corrected chi connectivity index (χ3v) is 3.95. The molecule has 132 valence electrons. The maximum atomic E-state index is 13.4. The van der Waals surface area contributed by atoms with Gasteiger partial charge in [0.25, 0.3) is 0 Å². The van der Waals surface area contributed by atoms with Crippen molar-refractivity contribution in [3.63, 3.8) is 0 Å². The highest BCUT2D eigenvalue weighted by molar-refractivity contribution is 6.02. The van der Waals surface area contributed by atoms with Gasteiger partial charge < -0.3 is 9.73 Å². The Kier molecular flexibility index (Phi) is 4.49. The molecule has 1 heterocycles. The number of hydrogen-bond acceptors (Lipinski definition) is 3. The van der Waals surface area contributed by atoms with Crippen LogP contribution in [0.3, 0.4) is 0 Å². The largest absolute Gasteiger partial charge is 0.436 e. The Hall–Kier alpha value is -3.73. The molecule has 1 N–H and O–H groups in total. The van der Waals surface area contributed by atoms with Gasteiger partial charge in [0.2, 0.25) is 11.8 Å². The zero-order valence-corrected chi connectivity index (χ0v) is 14.2. The first-order chi connectivity index (χ1) is 13.2. The number of carbonyl (C=O) groups excluding carboxylic acids is 1. The first-order valence-electron chi connectivity index (χ1n) is 8.38. The Morgan fingerprint density at radius 3 is 2.67 bits per heavy atom. The second-order valence-electron chi connectivity index (χ2n) is 5.95. The number of carbonyl (C=O) groups is 1. The van der Waals surface area contributed by atoms with Crippen LogP contribution in [0.4, 0.5) is 10.1 Å². The second-order valence-corrected chi connectivity index (χ2v) is 5.95. The molecule has 4 rings (SSSR count). The number of anilines is 1. The number of aromatic nitrogens is 1. The zero-order chi connectivity index (χ0) is 18.6. The van der Waals surface area contributed by atoms with Crippen LogP contribution in [-0.4, -0.2) is 10.9 Å². The van der Waals surface area contributed by atoms with E-state index in [1.54, 1.807) is 36.4 Å². The average Bonchev–Trinajstić information content (AvgIpc) is 3.11. The first kappa shape index (κ1) is 16.7. The van der Waals surface area contributed by atoms with E-state index in [0.717, 1.165) is 5.56 Å². The van der Waals surface area contributed by atoms with Gasteiger partial charge in [0, 0.05) is 17.3 Å². The fourth-order valence-electron chi connectivity index (χ4n) is 2.67. The molecule has 0 unspecified atom stereocenters. The summed E-state index contributed by atoms with van der Waals surface area (Å²) < 4.78 is 19.1. The monoisotopic (exact) mass is 358 g/mol. The van der Waals surface area contributed by atoms with Gasteiger partial charge in [-0.05, 0) is 48.0 Å². The number of halogens is 1.